The summed E-state index contributed by atoms with van der Waals surface area (Å²) in [6.45, 7) is 7.04. The van der Waals surface area contributed by atoms with Gasteiger partial charge in [-0.25, -0.2) is 4.98 Å². The minimum atomic E-state index is 0.188. The summed E-state index contributed by atoms with van der Waals surface area (Å²) in [4.78, 5) is 6.92. The molecule has 0 spiro atoms. The smallest absolute Gasteiger partial charge is 0.203 e. The normalized spacial score (nSPS) is 17.6. The first kappa shape index (κ1) is 16.3. The largest absolute Gasteiger partial charge is 0.378 e. The minimum Gasteiger partial charge on any atom is -0.378 e. The number of likely N-dealkylation sites (N-methyl/N-ethyl adjacent to an activating group) is 1. The number of hydrogen-bond donors (Lipinski definition) is 1. The van der Waals surface area contributed by atoms with Crippen LogP contribution in [0.1, 0.15) is 38.3 Å². The van der Waals surface area contributed by atoms with Gasteiger partial charge in [0.05, 0.1) is 18.3 Å². The van der Waals surface area contributed by atoms with Crippen molar-refractivity contribution in [2.24, 2.45) is 0 Å². The highest BCUT2D eigenvalue weighted by molar-refractivity contribution is 5.30. The third-order valence-corrected chi connectivity index (χ3v) is 4.37. The molecule has 1 atom stereocenters. The Kier molecular flexibility index (Phi) is 6.06. The molecule has 1 fully saturated rings. The molecule has 1 aliphatic carbocycles. The number of hydrogen-bond acceptors (Lipinski definition) is 4. The van der Waals surface area contributed by atoms with Crippen LogP contribution in [0, 0.1) is 6.92 Å². The zero-order valence-corrected chi connectivity index (χ0v) is 13.9. The van der Waals surface area contributed by atoms with E-state index in [2.05, 4.69) is 46.9 Å². The molecule has 5 nitrogen and oxygen atoms in total. The Morgan fingerprint density at radius 2 is 2.19 bits per heavy atom. The van der Waals surface area contributed by atoms with Gasteiger partial charge in [0.1, 0.15) is 0 Å². The highest BCUT2D eigenvalue weighted by Crippen LogP contribution is 2.22. The van der Waals surface area contributed by atoms with Gasteiger partial charge >= 0.3 is 0 Å². The van der Waals surface area contributed by atoms with Crippen molar-refractivity contribution in [2.75, 3.05) is 32.6 Å². The molecule has 0 aromatic carbocycles. The van der Waals surface area contributed by atoms with Crippen molar-refractivity contribution < 1.29 is 4.74 Å². The fraction of sp³-hybridized carbons (Fsp3) is 0.812. The van der Waals surface area contributed by atoms with Crippen molar-refractivity contribution in [1.82, 2.24) is 14.5 Å². The maximum Gasteiger partial charge on any atom is 0.203 e. The van der Waals surface area contributed by atoms with Crippen molar-refractivity contribution in [3.8, 4) is 0 Å². The van der Waals surface area contributed by atoms with Gasteiger partial charge in [-0.1, -0.05) is 19.8 Å². The molecular formula is C16H30N4O. The molecule has 0 radical (unpaired) electrons. The molecule has 1 aromatic rings. The quantitative estimate of drug-likeness (QED) is 0.800. The second-order valence-corrected chi connectivity index (χ2v) is 6.20. The third-order valence-electron chi connectivity index (χ3n) is 4.37. The molecule has 1 unspecified atom stereocenters. The summed E-state index contributed by atoms with van der Waals surface area (Å²) in [5.41, 5.74) is 1.06. The van der Waals surface area contributed by atoms with E-state index in [-0.39, 0.29) is 6.10 Å². The average molecular weight is 294 g/mol. The number of anilines is 1. The van der Waals surface area contributed by atoms with Crippen molar-refractivity contribution in [2.45, 2.75) is 58.2 Å². The Balaban J connectivity index is 2.00. The molecule has 120 valence electrons. The summed E-state index contributed by atoms with van der Waals surface area (Å²) in [7, 11) is 3.92. The number of aromatic nitrogens is 2. The summed E-state index contributed by atoms with van der Waals surface area (Å²) < 4.78 is 7.86. The van der Waals surface area contributed by atoms with E-state index >= 15 is 0 Å². The summed E-state index contributed by atoms with van der Waals surface area (Å²) >= 11 is 0. The highest BCUT2D eigenvalue weighted by atomic mass is 16.5. The first-order valence-corrected chi connectivity index (χ1v) is 8.14. The highest BCUT2D eigenvalue weighted by Gasteiger charge is 2.19. The number of nitrogens with zero attached hydrogens (tertiary/aromatic N) is 3. The lowest BCUT2D eigenvalue weighted by Crippen LogP contribution is -2.33. The number of rotatable bonds is 8. The monoisotopic (exact) mass is 294 g/mol. The summed E-state index contributed by atoms with van der Waals surface area (Å²) in [5, 5.41) is 3.61. The standard InChI is InChI=1S/C16H30N4O/c1-5-19(3)11-15(21-4)12-20-10-13(2)17-16(20)18-14-8-6-7-9-14/h10,14-15H,5-9,11-12H2,1-4H3,(H,17,18). The fourth-order valence-electron chi connectivity index (χ4n) is 2.96. The predicted molar refractivity (Wildman–Crippen MR) is 86.8 cm³/mol. The number of nitrogens with one attached hydrogen (secondary N) is 1. The van der Waals surface area contributed by atoms with Crippen LogP contribution in [0.2, 0.25) is 0 Å². The van der Waals surface area contributed by atoms with Gasteiger partial charge in [0.25, 0.3) is 0 Å². The van der Waals surface area contributed by atoms with Crippen LogP contribution in [0.25, 0.3) is 0 Å². The van der Waals surface area contributed by atoms with Gasteiger partial charge in [-0.3, -0.25) is 0 Å². The van der Waals surface area contributed by atoms with E-state index in [0.717, 1.165) is 31.3 Å². The van der Waals surface area contributed by atoms with Crippen LogP contribution < -0.4 is 5.32 Å². The second-order valence-electron chi connectivity index (χ2n) is 6.20. The Labute approximate surface area is 128 Å². The summed E-state index contributed by atoms with van der Waals surface area (Å²) in [6, 6.07) is 0.588. The molecular weight excluding hydrogens is 264 g/mol. The van der Waals surface area contributed by atoms with Crippen molar-refractivity contribution in [3.63, 3.8) is 0 Å². The van der Waals surface area contributed by atoms with Gasteiger partial charge in [0.15, 0.2) is 0 Å². The zero-order valence-electron chi connectivity index (χ0n) is 13.9. The molecule has 1 N–H and O–H groups in total. The SMILES string of the molecule is CCN(C)CC(Cn1cc(C)nc1NC1CCCC1)OC. The van der Waals surface area contributed by atoms with E-state index in [1.165, 1.54) is 25.7 Å². The van der Waals surface area contributed by atoms with Crippen LogP contribution in [0.3, 0.4) is 0 Å². The van der Waals surface area contributed by atoms with Crippen molar-refractivity contribution >= 4 is 5.95 Å². The van der Waals surface area contributed by atoms with Gasteiger partial charge < -0.3 is 19.5 Å². The molecule has 0 amide bonds. The lowest BCUT2D eigenvalue weighted by Gasteiger charge is -2.23. The van der Waals surface area contributed by atoms with E-state index < -0.39 is 0 Å². The van der Waals surface area contributed by atoms with Crippen LogP contribution in [-0.2, 0) is 11.3 Å². The van der Waals surface area contributed by atoms with Gasteiger partial charge in [-0.2, -0.15) is 0 Å². The molecule has 1 saturated carbocycles. The Bertz CT molecular complexity index is 426. The first-order chi connectivity index (χ1) is 10.1. The van der Waals surface area contributed by atoms with Crippen LogP contribution >= 0.6 is 0 Å². The van der Waals surface area contributed by atoms with Gasteiger partial charge in [0, 0.05) is 25.9 Å². The number of imidazole rings is 1. The maximum absolute atomic E-state index is 5.64. The van der Waals surface area contributed by atoms with Gasteiger partial charge in [0.2, 0.25) is 5.95 Å². The number of ether oxygens (including phenoxy) is 1. The molecule has 1 heterocycles. The van der Waals surface area contributed by atoms with Gasteiger partial charge in [-0.05, 0) is 33.4 Å². The van der Waals surface area contributed by atoms with Crippen LogP contribution in [-0.4, -0.2) is 53.8 Å². The molecule has 21 heavy (non-hydrogen) atoms. The molecule has 1 aliphatic rings. The minimum absolute atomic E-state index is 0.188. The van der Waals surface area contributed by atoms with Gasteiger partial charge in [-0.15, -0.1) is 0 Å². The number of aryl methyl sites for hydroxylation is 1. The van der Waals surface area contributed by atoms with Crippen LogP contribution in [0.4, 0.5) is 5.95 Å². The summed E-state index contributed by atoms with van der Waals surface area (Å²) in [5.74, 6) is 1.00. The van der Waals surface area contributed by atoms with E-state index in [1.807, 2.05) is 0 Å². The average Bonchev–Trinajstić information content (AvgIpc) is 3.08. The molecule has 0 saturated heterocycles. The van der Waals surface area contributed by atoms with Crippen molar-refractivity contribution in [3.05, 3.63) is 11.9 Å². The van der Waals surface area contributed by atoms with Crippen LogP contribution in [0.15, 0.2) is 6.20 Å². The first-order valence-electron chi connectivity index (χ1n) is 8.14. The fourth-order valence-corrected chi connectivity index (χ4v) is 2.96. The summed E-state index contributed by atoms with van der Waals surface area (Å²) in [6.07, 6.45) is 7.50. The Hall–Kier alpha value is -1.07. The maximum atomic E-state index is 5.64. The number of methoxy groups -OCH3 is 1. The Morgan fingerprint density at radius 3 is 2.81 bits per heavy atom. The van der Waals surface area contributed by atoms with Crippen molar-refractivity contribution in [1.29, 1.82) is 0 Å². The molecule has 0 bridgehead atoms. The zero-order chi connectivity index (χ0) is 15.2. The topological polar surface area (TPSA) is 42.3 Å². The molecule has 5 heteroatoms. The van der Waals surface area contributed by atoms with Crippen LogP contribution in [0.5, 0.6) is 0 Å². The molecule has 0 aliphatic heterocycles. The lowest BCUT2D eigenvalue weighted by atomic mass is 10.2. The Morgan fingerprint density at radius 1 is 1.48 bits per heavy atom. The van der Waals surface area contributed by atoms with E-state index in [0.29, 0.717) is 6.04 Å². The lowest BCUT2D eigenvalue weighted by molar-refractivity contribution is 0.0607. The second kappa shape index (κ2) is 7.80. The van der Waals surface area contributed by atoms with E-state index in [1.54, 1.807) is 7.11 Å². The predicted octanol–water partition coefficient (Wildman–Crippen LogP) is 2.51. The third kappa shape index (κ3) is 4.71. The molecule has 1 aromatic heterocycles. The molecule has 2 rings (SSSR count). The van der Waals surface area contributed by atoms with E-state index in [9.17, 15) is 0 Å². The van der Waals surface area contributed by atoms with E-state index in [4.69, 9.17) is 4.74 Å².